The van der Waals surface area contributed by atoms with Gasteiger partial charge in [-0.1, -0.05) is 30.3 Å². The Morgan fingerprint density at radius 2 is 1.67 bits per heavy atom. The lowest BCUT2D eigenvalue weighted by molar-refractivity contribution is -0.137. The third-order valence-electron chi connectivity index (χ3n) is 4.57. The Morgan fingerprint density at radius 3 is 2.26 bits per heavy atom. The van der Waals surface area contributed by atoms with E-state index in [0.717, 1.165) is 5.56 Å². The van der Waals surface area contributed by atoms with Gasteiger partial charge in [0.15, 0.2) is 5.76 Å². The van der Waals surface area contributed by atoms with Gasteiger partial charge in [-0.3, -0.25) is 14.4 Å². The Balaban J connectivity index is 1.61. The van der Waals surface area contributed by atoms with E-state index in [1.54, 1.807) is 21.9 Å². The molecule has 1 atom stereocenters. The predicted molar refractivity (Wildman–Crippen MR) is 98.9 cm³/mol. The fourth-order valence-electron chi connectivity index (χ4n) is 3.20. The molecule has 3 rings (SSSR count). The number of hydrogen-bond acceptors (Lipinski definition) is 4. The van der Waals surface area contributed by atoms with Crippen LogP contribution >= 0.6 is 0 Å². The molecule has 1 aliphatic heterocycles. The maximum Gasteiger partial charge on any atom is 0.289 e. The van der Waals surface area contributed by atoms with E-state index >= 15 is 0 Å². The van der Waals surface area contributed by atoms with Gasteiger partial charge < -0.3 is 19.5 Å². The second-order valence-corrected chi connectivity index (χ2v) is 6.54. The van der Waals surface area contributed by atoms with Gasteiger partial charge in [-0.2, -0.15) is 0 Å². The lowest BCUT2D eigenvalue weighted by Crippen LogP contribution is -2.56. The third kappa shape index (κ3) is 4.75. The molecule has 3 amide bonds. The molecule has 2 heterocycles. The quantitative estimate of drug-likeness (QED) is 0.861. The highest BCUT2D eigenvalue weighted by Gasteiger charge is 2.30. The lowest BCUT2D eigenvalue weighted by atomic mass is 10.0. The summed E-state index contributed by atoms with van der Waals surface area (Å²) in [6.45, 7) is 3.13. The van der Waals surface area contributed by atoms with Crippen LogP contribution in [0.15, 0.2) is 53.1 Å². The Morgan fingerprint density at radius 1 is 1.00 bits per heavy atom. The number of nitrogens with one attached hydrogen (secondary N) is 1. The Labute approximate surface area is 157 Å². The van der Waals surface area contributed by atoms with E-state index in [2.05, 4.69) is 5.32 Å². The third-order valence-corrected chi connectivity index (χ3v) is 4.57. The molecule has 1 aromatic heterocycles. The number of amides is 3. The van der Waals surface area contributed by atoms with Crippen LogP contribution in [0.2, 0.25) is 0 Å². The van der Waals surface area contributed by atoms with Gasteiger partial charge in [0.2, 0.25) is 11.8 Å². The molecule has 0 bridgehead atoms. The minimum absolute atomic E-state index is 0.126. The van der Waals surface area contributed by atoms with Gasteiger partial charge in [0.25, 0.3) is 5.91 Å². The van der Waals surface area contributed by atoms with Crippen molar-refractivity contribution in [2.24, 2.45) is 0 Å². The zero-order valence-corrected chi connectivity index (χ0v) is 15.3. The standard InChI is InChI=1S/C20H23N3O4/c1-15(24)21-17(14-16-6-3-2-4-7-16)19(25)22-9-11-23(12-10-22)20(26)18-8-5-13-27-18/h2-8,13,17H,9-12,14H2,1H3,(H,21,24)/t17-/m1/s1. The van der Waals surface area contributed by atoms with Crippen molar-refractivity contribution in [3.8, 4) is 0 Å². The van der Waals surface area contributed by atoms with E-state index in [-0.39, 0.29) is 17.7 Å². The number of furan rings is 1. The molecule has 1 fully saturated rings. The predicted octanol–water partition coefficient (Wildman–Crippen LogP) is 1.31. The first-order valence-corrected chi connectivity index (χ1v) is 8.97. The van der Waals surface area contributed by atoms with Crippen LogP contribution in [-0.2, 0) is 16.0 Å². The van der Waals surface area contributed by atoms with Crippen LogP contribution in [0.5, 0.6) is 0 Å². The molecule has 0 unspecified atom stereocenters. The number of nitrogens with zero attached hydrogens (tertiary/aromatic N) is 2. The monoisotopic (exact) mass is 369 g/mol. The van der Waals surface area contributed by atoms with Crippen LogP contribution in [0.3, 0.4) is 0 Å². The fraction of sp³-hybridized carbons (Fsp3) is 0.350. The van der Waals surface area contributed by atoms with Gasteiger partial charge in [-0.05, 0) is 17.7 Å². The van der Waals surface area contributed by atoms with Gasteiger partial charge in [0.05, 0.1) is 6.26 Å². The number of carbonyl (C=O) groups is 3. The van der Waals surface area contributed by atoms with Crippen molar-refractivity contribution in [2.45, 2.75) is 19.4 Å². The zero-order chi connectivity index (χ0) is 19.2. The summed E-state index contributed by atoms with van der Waals surface area (Å²) in [6.07, 6.45) is 1.90. The van der Waals surface area contributed by atoms with Crippen molar-refractivity contribution in [2.75, 3.05) is 26.2 Å². The summed E-state index contributed by atoms with van der Waals surface area (Å²) in [7, 11) is 0. The summed E-state index contributed by atoms with van der Waals surface area (Å²) in [5.41, 5.74) is 0.983. The van der Waals surface area contributed by atoms with Crippen LogP contribution in [0.1, 0.15) is 23.0 Å². The first-order valence-electron chi connectivity index (χ1n) is 8.97. The van der Waals surface area contributed by atoms with Crippen molar-refractivity contribution in [3.05, 3.63) is 60.1 Å². The number of rotatable bonds is 5. The number of benzene rings is 1. The van der Waals surface area contributed by atoms with Gasteiger partial charge in [0.1, 0.15) is 6.04 Å². The molecule has 1 aromatic carbocycles. The number of carbonyl (C=O) groups excluding carboxylic acids is 3. The number of hydrogen-bond donors (Lipinski definition) is 1. The van der Waals surface area contributed by atoms with Crippen molar-refractivity contribution in [1.82, 2.24) is 15.1 Å². The second kappa shape index (κ2) is 8.53. The molecule has 0 saturated carbocycles. The molecular formula is C20H23N3O4. The smallest absolute Gasteiger partial charge is 0.289 e. The molecule has 142 valence electrons. The normalized spacial score (nSPS) is 15.3. The van der Waals surface area contributed by atoms with Gasteiger partial charge >= 0.3 is 0 Å². The Kier molecular flexibility index (Phi) is 5.90. The molecule has 0 spiro atoms. The molecule has 1 aliphatic rings. The second-order valence-electron chi connectivity index (χ2n) is 6.54. The SMILES string of the molecule is CC(=O)N[C@H](Cc1ccccc1)C(=O)N1CCN(C(=O)c2ccco2)CC1. The Hall–Kier alpha value is -3.09. The summed E-state index contributed by atoms with van der Waals surface area (Å²) in [5, 5.41) is 2.76. The van der Waals surface area contributed by atoms with Crippen LogP contribution in [-0.4, -0.2) is 59.7 Å². The zero-order valence-electron chi connectivity index (χ0n) is 15.3. The van der Waals surface area contributed by atoms with E-state index in [1.165, 1.54) is 13.2 Å². The molecule has 0 radical (unpaired) electrons. The maximum absolute atomic E-state index is 12.9. The number of piperazine rings is 1. The van der Waals surface area contributed by atoms with Gasteiger partial charge in [-0.25, -0.2) is 0 Å². The summed E-state index contributed by atoms with van der Waals surface area (Å²) in [5.74, 6) is -0.236. The Bertz CT molecular complexity index is 781. The fourth-order valence-corrected chi connectivity index (χ4v) is 3.20. The molecule has 1 N–H and O–H groups in total. The van der Waals surface area contributed by atoms with Crippen molar-refractivity contribution >= 4 is 17.7 Å². The van der Waals surface area contributed by atoms with Crippen LogP contribution < -0.4 is 5.32 Å². The lowest BCUT2D eigenvalue weighted by Gasteiger charge is -2.36. The minimum atomic E-state index is -0.614. The van der Waals surface area contributed by atoms with E-state index in [0.29, 0.717) is 38.4 Å². The largest absolute Gasteiger partial charge is 0.459 e. The highest BCUT2D eigenvalue weighted by Crippen LogP contribution is 2.12. The first kappa shape index (κ1) is 18.7. The maximum atomic E-state index is 12.9. The highest BCUT2D eigenvalue weighted by molar-refractivity contribution is 5.92. The topological polar surface area (TPSA) is 82.9 Å². The van der Waals surface area contributed by atoms with Crippen LogP contribution in [0, 0.1) is 0 Å². The molecular weight excluding hydrogens is 346 g/mol. The van der Waals surface area contributed by atoms with Gasteiger partial charge in [0, 0.05) is 39.5 Å². The summed E-state index contributed by atoms with van der Waals surface area (Å²) in [6, 6.07) is 12.3. The van der Waals surface area contributed by atoms with Crippen LogP contribution in [0.4, 0.5) is 0 Å². The average Bonchev–Trinajstić information content (AvgIpc) is 3.22. The van der Waals surface area contributed by atoms with Crippen LogP contribution in [0.25, 0.3) is 0 Å². The molecule has 7 heteroatoms. The molecule has 1 saturated heterocycles. The van der Waals surface area contributed by atoms with E-state index in [1.807, 2.05) is 30.3 Å². The first-order chi connectivity index (χ1) is 13.0. The minimum Gasteiger partial charge on any atom is -0.459 e. The summed E-state index contributed by atoms with van der Waals surface area (Å²) in [4.78, 5) is 40.2. The molecule has 2 aromatic rings. The highest BCUT2D eigenvalue weighted by atomic mass is 16.3. The molecule has 0 aliphatic carbocycles. The van der Waals surface area contributed by atoms with Crippen molar-refractivity contribution < 1.29 is 18.8 Å². The van der Waals surface area contributed by atoms with Crippen molar-refractivity contribution in [3.63, 3.8) is 0 Å². The molecule has 7 nitrogen and oxygen atoms in total. The van der Waals surface area contributed by atoms with E-state index in [4.69, 9.17) is 4.42 Å². The van der Waals surface area contributed by atoms with Crippen molar-refractivity contribution in [1.29, 1.82) is 0 Å². The molecule has 27 heavy (non-hydrogen) atoms. The van der Waals surface area contributed by atoms with E-state index in [9.17, 15) is 14.4 Å². The van der Waals surface area contributed by atoms with E-state index < -0.39 is 6.04 Å². The van der Waals surface area contributed by atoms with Gasteiger partial charge in [-0.15, -0.1) is 0 Å². The summed E-state index contributed by atoms with van der Waals surface area (Å²) >= 11 is 0. The summed E-state index contributed by atoms with van der Waals surface area (Å²) < 4.78 is 5.15. The average molecular weight is 369 g/mol.